The van der Waals surface area contributed by atoms with Crippen LogP contribution in [0.3, 0.4) is 0 Å². The molecule has 0 saturated heterocycles. The van der Waals surface area contributed by atoms with Gasteiger partial charge in [0.15, 0.2) is 8.68 Å². The molecule has 0 unspecified atom stereocenters. The maximum atomic E-state index is 12.3. The van der Waals surface area contributed by atoms with Crippen LogP contribution in [0.1, 0.15) is 5.69 Å². The SMILES string of the molecule is Cc1nc(Cl)sc1S(=O)(=O)Nc1cc(Cl)c(Cl)cc1Cl. The van der Waals surface area contributed by atoms with Crippen LogP contribution < -0.4 is 4.72 Å². The van der Waals surface area contributed by atoms with E-state index in [1.54, 1.807) is 6.92 Å². The lowest BCUT2D eigenvalue weighted by atomic mass is 10.3. The summed E-state index contributed by atoms with van der Waals surface area (Å²) in [6, 6.07) is 2.69. The number of hydrogen-bond donors (Lipinski definition) is 1. The van der Waals surface area contributed by atoms with Crippen molar-refractivity contribution in [3.05, 3.63) is 37.4 Å². The molecular weight excluding hydrogens is 386 g/mol. The van der Waals surface area contributed by atoms with Crippen molar-refractivity contribution in [3.63, 3.8) is 0 Å². The van der Waals surface area contributed by atoms with E-state index in [1.165, 1.54) is 12.1 Å². The zero-order valence-corrected chi connectivity index (χ0v) is 14.4. The molecule has 0 fully saturated rings. The highest BCUT2D eigenvalue weighted by atomic mass is 35.5. The maximum absolute atomic E-state index is 12.3. The van der Waals surface area contributed by atoms with Gasteiger partial charge in [-0.3, -0.25) is 4.72 Å². The number of benzene rings is 1. The van der Waals surface area contributed by atoms with Crippen molar-refractivity contribution in [2.24, 2.45) is 0 Å². The third-order valence-electron chi connectivity index (χ3n) is 2.23. The van der Waals surface area contributed by atoms with Crippen LogP contribution in [0.25, 0.3) is 0 Å². The minimum absolute atomic E-state index is 0.0182. The summed E-state index contributed by atoms with van der Waals surface area (Å²) in [4.78, 5) is 3.86. The number of rotatable bonds is 3. The van der Waals surface area contributed by atoms with Crippen LogP contribution in [0.4, 0.5) is 5.69 Å². The van der Waals surface area contributed by atoms with Crippen LogP contribution in [-0.4, -0.2) is 13.4 Å². The monoisotopic (exact) mass is 390 g/mol. The smallest absolute Gasteiger partial charge is 0.273 e. The van der Waals surface area contributed by atoms with Crippen molar-refractivity contribution >= 4 is 73.5 Å². The summed E-state index contributed by atoms with van der Waals surface area (Å²) in [5.74, 6) is 0. The van der Waals surface area contributed by atoms with Gasteiger partial charge in [0.1, 0.15) is 0 Å². The molecule has 0 radical (unpaired) electrons. The Bertz CT molecular complexity index is 774. The largest absolute Gasteiger partial charge is 0.277 e. The van der Waals surface area contributed by atoms with Gasteiger partial charge >= 0.3 is 0 Å². The summed E-state index contributed by atoms with van der Waals surface area (Å²) in [7, 11) is -3.84. The van der Waals surface area contributed by atoms with E-state index in [0.717, 1.165) is 11.3 Å². The fourth-order valence-electron chi connectivity index (χ4n) is 1.39. The van der Waals surface area contributed by atoms with Crippen molar-refractivity contribution in [1.29, 1.82) is 0 Å². The first-order valence-electron chi connectivity index (χ1n) is 5.01. The highest BCUT2D eigenvalue weighted by Gasteiger charge is 2.23. The summed E-state index contributed by atoms with van der Waals surface area (Å²) in [6.45, 7) is 1.55. The second-order valence-electron chi connectivity index (χ2n) is 3.69. The number of anilines is 1. The highest BCUT2D eigenvalue weighted by molar-refractivity contribution is 7.94. The van der Waals surface area contributed by atoms with E-state index < -0.39 is 10.0 Å². The van der Waals surface area contributed by atoms with Gasteiger partial charge in [-0.1, -0.05) is 57.7 Å². The minimum Gasteiger partial charge on any atom is -0.277 e. The van der Waals surface area contributed by atoms with Gasteiger partial charge in [0.2, 0.25) is 0 Å². The Hall–Kier alpha value is -0.240. The Morgan fingerprint density at radius 3 is 2.25 bits per heavy atom. The van der Waals surface area contributed by atoms with Gasteiger partial charge in [-0.2, -0.15) is 0 Å². The summed E-state index contributed by atoms with van der Waals surface area (Å²) in [6.07, 6.45) is 0. The average Bonchev–Trinajstić information content (AvgIpc) is 2.66. The lowest BCUT2D eigenvalue weighted by molar-refractivity contribution is 0.602. The normalized spacial score (nSPS) is 11.7. The van der Waals surface area contributed by atoms with E-state index in [9.17, 15) is 8.42 Å². The van der Waals surface area contributed by atoms with Crippen molar-refractivity contribution in [2.75, 3.05) is 4.72 Å². The quantitative estimate of drug-likeness (QED) is 0.759. The number of nitrogens with zero attached hydrogens (tertiary/aromatic N) is 1. The van der Waals surface area contributed by atoms with Crippen LogP contribution in [0.5, 0.6) is 0 Å². The third kappa shape index (κ3) is 3.32. The molecule has 0 saturated carbocycles. The lowest BCUT2D eigenvalue weighted by Crippen LogP contribution is -2.13. The lowest BCUT2D eigenvalue weighted by Gasteiger charge is -2.09. The summed E-state index contributed by atoms with van der Waals surface area (Å²) >= 11 is 24.1. The zero-order valence-electron chi connectivity index (χ0n) is 9.75. The molecule has 0 atom stereocenters. The van der Waals surface area contributed by atoms with E-state index in [2.05, 4.69) is 9.71 Å². The molecule has 4 nitrogen and oxygen atoms in total. The van der Waals surface area contributed by atoms with Crippen molar-refractivity contribution in [1.82, 2.24) is 4.98 Å². The molecule has 0 bridgehead atoms. The van der Waals surface area contributed by atoms with Gasteiger partial charge in [-0.05, 0) is 19.1 Å². The Morgan fingerprint density at radius 1 is 1.10 bits per heavy atom. The molecule has 1 N–H and O–H groups in total. The van der Waals surface area contributed by atoms with E-state index in [1.807, 2.05) is 0 Å². The zero-order chi connectivity index (χ0) is 15.1. The standard InChI is InChI=1S/C10H6Cl4N2O2S2/c1-4-9(19-10(14)15-4)20(17,18)16-8-3-6(12)5(11)2-7(8)13/h2-3,16H,1H3. The molecule has 20 heavy (non-hydrogen) atoms. The van der Waals surface area contributed by atoms with E-state index in [0.29, 0.717) is 5.69 Å². The van der Waals surface area contributed by atoms with Crippen molar-refractivity contribution in [2.45, 2.75) is 11.1 Å². The summed E-state index contributed by atoms with van der Waals surface area (Å²) in [5, 5.41) is 0.556. The molecule has 0 spiro atoms. The summed E-state index contributed by atoms with van der Waals surface area (Å²) < 4.78 is 27.0. The molecule has 1 heterocycles. The average molecular weight is 392 g/mol. The Morgan fingerprint density at radius 2 is 1.70 bits per heavy atom. The Kier molecular flexibility index (Phi) is 4.73. The molecule has 0 aliphatic heterocycles. The van der Waals surface area contributed by atoms with Gasteiger partial charge in [0, 0.05) is 0 Å². The highest BCUT2D eigenvalue weighted by Crippen LogP contribution is 2.35. The first kappa shape index (κ1) is 16.1. The maximum Gasteiger partial charge on any atom is 0.273 e. The van der Waals surface area contributed by atoms with Crippen LogP contribution in [-0.2, 0) is 10.0 Å². The molecule has 2 rings (SSSR count). The second kappa shape index (κ2) is 5.87. The topological polar surface area (TPSA) is 59.1 Å². The number of aryl methyl sites for hydroxylation is 1. The first-order valence-corrected chi connectivity index (χ1v) is 8.82. The number of nitrogens with one attached hydrogen (secondary N) is 1. The van der Waals surface area contributed by atoms with Gasteiger partial charge < -0.3 is 0 Å². The van der Waals surface area contributed by atoms with E-state index >= 15 is 0 Å². The molecule has 1 aromatic heterocycles. The van der Waals surface area contributed by atoms with Gasteiger partial charge in [-0.15, -0.1) is 0 Å². The molecule has 10 heteroatoms. The number of thiazole rings is 1. The van der Waals surface area contributed by atoms with E-state index in [-0.39, 0.29) is 29.4 Å². The number of aromatic nitrogens is 1. The third-order valence-corrected chi connectivity index (χ3v) is 6.50. The predicted molar refractivity (Wildman–Crippen MR) is 84.1 cm³/mol. The Balaban J connectivity index is 2.43. The molecule has 108 valence electrons. The van der Waals surface area contributed by atoms with Crippen molar-refractivity contribution < 1.29 is 8.42 Å². The fourth-order valence-corrected chi connectivity index (χ4v) is 4.85. The molecule has 0 amide bonds. The molecule has 0 aliphatic carbocycles. The van der Waals surface area contributed by atoms with Gasteiger partial charge in [0.25, 0.3) is 10.0 Å². The number of halogens is 4. The molecule has 1 aromatic carbocycles. The summed E-state index contributed by atoms with van der Waals surface area (Å²) in [5.41, 5.74) is 0.439. The van der Waals surface area contributed by atoms with Crippen LogP contribution in [0, 0.1) is 6.92 Å². The Labute approximate surface area is 139 Å². The van der Waals surface area contributed by atoms with E-state index in [4.69, 9.17) is 46.4 Å². The number of hydrogen-bond acceptors (Lipinski definition) is 4. The van der Waals surface area contributed by atoms with Crippen molar-refractivity contribution in [3.8, 4) is 0 Å². The van der Waals surface area contributed by atoms with Crippen LogP contribution in [0.2, 0.25) is 19.5 Å². The number of sulfonamides is 1. The fraction of sp³-hybridized carbons (Fsp3) is 0.100. The molecule has 2 aromatic rings. The molecular formula is C10H6Cl4N2O2S2. The molecule has 0 aliphatic rings. The minimum atomic E-state index is -3.84. The predicted octanol–water partition coefficient (Wildman–Crippen LogP) is 4.87. The van der Waals surface area contributed by atoms with Crippen LogP contribution in [0.15, 0.2) is 16.3 Å². The van der Waals surface area contributed by atoms with Crippen LogP contribution >= 0.6 is 57.7 Å². The second-order valence-corrected chi connectivity index (χ2v) is 8.37. The van der Waals surface area contributed by atoms with Gasteiger partial charge in [0.05, 0.1) is 26.4 Å². The first-order chi connectivity index (χ1) is 9.20. The van der Waals surface area contributed by atoms with Gasteiger partial charge in [-0.25, -0.2) is 13.4 Å².